The lowest BCUT2D eigenvalue weighted by Gasteiger charge is -2.20. The van der Waals surface area contributed by atoms with Crippen LogP contribution < -0.4 is 5.32 Å². The van der Waals surface area contributed by atoms with E-state index in [1.54, 1.807) is 6.92 Å². The van der Waals surface area contributed by atoms with Gasteiger partial charge in [-0.2, -0.15) is 8.42 Å². The number of amides is 1. The summed E-state index contributed by atoms with van der Waals surface area (Å²) in [5.41, 5.74) is 0.480. The Morgan fingerprint density at radius 2 is 2.00 bits per heavy atom. The van der Waals surface area contributed by atoms with Gasteiger partial charge in [-0.05, 0) is 46.8 Å². The maximum absolute atomic E-state index is 11.4. The van der Waals surface area contributed by atoms with Gasteiger partial charge in [0.05, 0.1) is 5.75 Å². The van der Waals surface area contributed by atoms with Gasteiger partial charge in [0.25, 0.3) is 10.1 Å². The van der Waals surface area contributed by atoms with Crippen molar-refractivity contribution in [1.82, 2.24) is 10.2 Å². The number of nitrogens with one attached hydrogen (secondary N) is 1. The highest BCUT2D eigenvalue weighted by Gasteiger charge is 2.10. The van der Waals surface area contributed by atoms with E-state index < -0.39 is 10.1 Å². The minimum Gasteiger partial charge on any atom is -0.350 e. The summed E-state index contributed by atoms with van der Waals surface area (Å²) >= 11 is 0. The molecule has 0 aromatic heterocycles. The van der Waals surface area contributed by atoms with Crippen LogP contribution in [0.15, 0.2) is 12.2 Å². The first kappa shape index (κ1) is 18.1. The van der Waals surface area contributed by atoms with Crippen LogP contribution in [0.3, 0.4) is 0 Å². The molecule has 0 fully saturated rings. The number of hydrogen-bond donors (Lipinski definition) is 2. The van der Waals surface area contributed by atoms with Crippen molar-refractivity contribution in [3.05, 3.63) is 12.2 Å². The standard InChI is InChI=1S/C12H24N2O4S/c1-10(2)12(15)13-11(3)6-8-14(4)7-5-9-19(16,17)18/h11H,1,5-9H2,2-4H3,(H,13,15)(H,16,17,18). The van der Waals surface area contributed by atoms with Crippen LogP contribution in [0.1, 0.15) is 26.7 Å². The normalized spacial score (nSPS) is 13.3. The summed E-state index contributed by atoms with van der Waals surface area (Å²) in [6.07, 6.45) is 1.16. The van der Waals surface area contributed by atoms with Crippen molar-refractivity contribution in [2.24, 2.45) is 0 Å². The maximum atomic E-state index is 11.4. The van der Waals surface area contributed by atoms with Crippen LogP contribution in [-0.2, 0) is 14.9 Å². The molecule has 112 valence electrons. The molecule has 0 spiro atoms. The van der Waals surface area contributed by atoms with Gasteiger partial charge in [-0.15, -0.1) is 0 Å². The minimum atomic E-state index is -3.87. The van der Waals surface area contributed by atoms with Crippen molar-refractivity contribution in [2.45, 2.75) is 32.7 Å². The number of carbonyl (C=O) groups excluding carboxylic acids is 1. The quantitative estimate of drug-likeness (QED) is 0.482. The highest BCUT2D eigenvalue weighted by atomic mass is 32.2. The van der Waals surface area contributed by atoms with Crippen LogP contribution in [-0.4, -0.2) is 55.7 Å². The van der Waals surface area contributed by atoms with Crippen LogP contribution in [0, 0.1) is 0 Å². The van der Waals surface area contributed by atoms with Crippen molar-refractivity contribution in [3.8, 4) is 0 Å². The maximum Gasteiger partial charge on any atom is 0.264 e. The number of hydrogen-bond acceptors (Lipinski definition) is 4. The molecule has 0 aliphatic heterocycles. The summed E-state index contributed by atoms with van der Waals surface area (Å²) in [5, 5.41) is 2.81. The Morgan fingerprint density at radius 1 is 1.42 bits per heavy atom. The third kappa shape index (κ3) is 10.7. The lowest BCUT2D eigenvalue weighted by atomic mass is 10.2. The lowest BCUT2D eigenvalue weighted by Crippen LogP contribution is -2.35. The Balaban J connectivity index is 3.81. The smallest absolute Gasteiger partial charge is 0.264 e. The Morgan fingerprint density at radius 3 is 2.47 bits per heavy atom. The zero-order valence-electron chi connectivity index (χ0n) is 11.8. The average Bonchev–Trinajstić information content (AvgIpc) is 2.24. The van der Waals surface area contributed by atoms with E-state index in [-0.39, 0.29) is 17.7 Å². The molecule has 1 unspecified atom stereocenters. The summed E-state index contributed by atoms with van der Waals surface area (Å²) in [5.74, 6) is -0.374. The van der Waals surface area contributed by atoms with Gasteiger partial charge in [0.15, 0.2) is 0 Å². The molecule has 0 saturated heterocycles. The predicted molar refractivity (Wildman–Crippen MR) is 75.6 cm³/mol. The zero-order chi connectivity index (χ0) is 15.1. The fourth-order valence-corrected chi connectivity index (χ4v) is 1.96. The summed E-state index contributed by atoms with van der Waals surface area (Å²) in [4.78, 5) is 13.3. The predicted octanol–water partition coefficient (Wildman–Crippen LogP) is 0.667. The fourth-order valence-electron chi connectivity index (χ4n) is 1.46. The van der Waals surface area contributed by atoms with Crippen molar-refractivity contribution >= 4 is 16.0 Å². The Hall–Kier alpha value is -0.920. The summed E-state index contributed by atoms with van der Waals surface area (Å²) in [7, 11) is -2.00. The lowest BCUT2D eigenvalue weighted by molar-refractivity contribution is -0.118. The molecule has 0 aromatic rings. The van der Waals surface area contributed by atoms with Gasteiger partial charge < -0.3 is 10.2 Å². The summed E-state index contributed by atoms with van der Waals surface area (Å²) in [6, 6.07) is 0.0354. The van der Waals surface area contributed by atoms with E-state index in [0.717, 1.165) is 13.0 Å². The molecule has 7 heteroatoms. The molecule has 0 saturated carbocycles. The third-order valence-corrected chi connectivity index (χ3v) is 3.46. The monoisotopic (exact) mass is 292 g/mol. The molecule has 2 N–H and O–H groups in total. The highest BCUT2D eigenvalue weighted by Crippen LogP contribution is 1.98. The molecule has 0 aliphatic carbocycles. The third-order valence-electron chi connectivity index (χ3n) is 2.65. The molecular formula is C12H24N2O4S. The molecule has 0 aliphatic rings. The van der Waals surface area contributed by atoms with Gasteiger partial charge in [0.1, 0.15) is 0 Å². The van der Waals surface area contributed by atoms with Crippen molar-refractivity contribution in [2.75, 3.05) is 25.9 Å². The summed E-state index contributed by atoms with van der Waals surface area (Å²) < 4.78 is 29.7. The second-order valence-electron chi connectivity index (χ2n) is 4.89. The van der Waals surface area contributed by atoms with Crippen LogP contribution in [0.5, 0.6) is 0 Å². The molecule has 0 bridgehead atoms. The molecule has 1 amide bonds. The first-order valence-electron chi connectivity index (χ1n) is 6.22. The van der Waals surface area contributed by atoms with Gasteiger partial charge in [-0.1, -0.05) is 6.58 Å². The van der Waals surface area contributed by atoms with Crippen LogP contribution >= 0.6 is 0 Å². The molecule has 6 nitrogen and oxygen atoms in total. The Labute approximate surface area is 115 Å². The van der Waals surface area contributed by atoms with Gasteiger partial charge in [-0.25, -0.2) is 0 Å². The van der Waals surface area contributed by atoms with Crippen LogP contribution in [0.25, 0.3) is 0 Å². The second-order valence-corrected chi connectivity index (χ2v) is 6.46. The van der Waals surface area contributed by atoms with Gasteiger partial charge in [0, 0.05) is 11.6 Å². The van der Waals surface area contributed by atoms with Gasteiger partial charge in [0.2, 0.25) is 5.91 Å². The average molecular weight is 292 g/mol. The number of nitrogens with zero attached hydrogens (tertiary/aromatic N) is 1. The van der Waals surface area contributed by atoms with Crippen LogP contribution in [0.2, 0.25) is 0 Å². The van der Waals surface area contributed by atoms with E-state index in [9.17, 15) is 13.2 Å². The zero-order valence-corrected chi connectivity index (χ0v) is 12.7. The number of carbonyl (C=O) groups is 1. The molecule has 1 atom stereocenters. The van der Waals surface area contributed by atoms with E-state index in [0.29, 0.717) is 18.5 Å². The van der Waals surface area contributed by atoms with Gasteiger partial charge >= 0.3 is 0 Å². The molecule has 0 rings (SSSR count). The minimum absolute atomic E-state index is 0.0354. The molecule has 0 aromatic carbocycles. The summed E-state index contributed by atoms with van der Waals surface area (Å²) in [6.45, 7) is 8.45. The molecular weight excluding hydrogens is 268 g/mol. The van der Waals surface area contributed by atoms with E-state index in [2.05, 4.69) is 11.9 Å². The Kier molecular flexibility index (Phi) is 7.89. The first-order valence-corrected chi connectivity index (χ1v) is 7.83. The van der Waals surface area contributed by atoms with Crippen molar-refractivity contribution in [1.29, 1.82) is 0 Å². The van der Waals surface area contributed by atoms with E-state index in [4.69, 9.17) is 4.55 Å². The van der Waals surface area contributed by atoms with Crippen LogP contribution in [0.4, 0.5) is 0 Å². The van der Waals surface area contributed by atoms with Gasteiger partial charge in [-0.3, -0.25) is 9.35 Å². The van der Waals surface area contributed by atoms with E-state index in [1.165, 1.54) is 0 Å². The largest absolute Gasteiger partial charge is 0.350 e. The SMILES string of the molecule is C=C(C)C(=O)NC(C)CCN(C)CCCS(=O)(=O)O. The fraction of sp³-hybridized carbons (Fsp3) is 0.750. The Bertz CT molecular complexity index is 406. The number of rotatable bonds is 9. The first-order chi connectivity index (χ1) is 8.61. The van der Waals surface area contributed by atoms with E-state index in [1.807, 2.05) is 18.9 Å². The van der Waals surface area contributed by atoms with Crippen molar-refractivity contribution < 1.29 is 17.8 Å². The van der Waals surface area contributed by atoms with Crippen molar-refractivity contribution in [3.63, 3.8) is 0 Å². The topological polar surface area (TPSA) is 86.7 Å². The molecule has 19 heavy (non-hydrogen) atoms. The second kappa shape index (κ2) is 8.29. The molecule has 0 radical (unpaired) electrons. The molecule has 0 heterocycles. The highest BCUT2D eigenvalue weighted by molar-refractivity contribution is 7.85. The van der Waals surface area contributed by atoms with E-state index >= 15 is 0 Å².